The number of nitrogens with zero attached hydrogens (tertiary/aromatic N) is 1. The largest absolute Gasteiger partial charge is 0.465 e. The molecule has 0 aromatic rings. The molecule has 0 saturated heterocycles. The van der Waals surface area contributed by atoms with Crippen LogP contribution in [-0.2, 0) is 19.1 Å². The van der Waals surface area contributed by atoms with E-state index in [-0.39, 0.29) is 18.5 Å². The number of unbranched alkanes of at least 4 members (excludes halogenated alkanes) is 18. The van der Waals surface area contributed by atoms with Crippen LogP contribution in [0.3, 0.4) is 0 Å². The fraction of sp³-hybridized carbons (Fsp3) is 0.959. The predicted octanol–water partition coefficient (Wildman–Crippen LogP) is 13.1. The summed E-state index contributed by atoms with van der Waals surface area (Å²) in [6.07, 6.45) is 38.7. The number of nitrogens with one attached hydrogen (secondary N) is 1. The number of carbonyl (C=O) groups excluding carboxylic acids is 2. The minimum atomic E-state index is 0.00564. The summed E-state index contributed by atoms with van der Waals surface area (Å²) in [6.45, 7) is 13.2. The number of likely N-dealkylation sites (N-methyl/N-ethyl adjacent to an activating group) is 1. The van der Waals surface area contributed by atoms with Gasteiger partial charge in [0.15, 0.2) is 0 Å². The SMILES string of the molecule is CCCCCCC(CCCC)COC(=O)CCCCCCCCC(CCCCCCCCC(=O)OCC(CCCC)CCCCCC)NCCCN(C)CCO. The van der Waals surface area contributed by atoms with Gasteiger partial charge in [0.25, 0.3) is 0 Å². The van der Waals surface area contributed by atoms with Crippen LogP contribution in [0.15, 0.2) is 0 Å². The van der Waals surface area contributed by atoms with Crippen LogP contribution in [0.4, 0.5) is 0 Å². The van der Waals surface area contributed by atoms with E-state index in [1.165, 1.54) is 167 Å². The Balaban J connectivity index is 4.27. The van der Waals surface area contributed by atoms with E-state index in [1.807, 2.05) is 0 Å². The molecule has 0 spiro atoms. The molecule has 56 heavy (non-hydrogen) atoms. The first kappa shape index (κ1) is 54.8. The molecule has 2 unspecified atom stereocenters. The summed E-state index contributed by atoms with van der Waals surface area (Å²) in [6, 6.07) is 0.572. The zero-order chi connectivity index (χ0) is 41.2. The summed E-state index contributed by atoms with van der Waals surface area (Å²) < 4.78 is 11.5. The minimum Gasteiger partial charge on any atom is -0.465 e. The highest BCUT2D eigenvalue weighted by atomic mass is 16.5. The van der Waals surface area contributed by atoms with Crippen molar-refractivity contribution in [2.24, 2.45) is 11.8 Å². The van der Waals surface area contributed by atoms with Gasteiger partial charge < -0.3 is 24.8 Å². The number of esters is 2. The Labute approximate surface area is 349 Å². The number of hydrogen-bond acceptors (Lipinski definition) is 7. The lowest BCUT2D eigenvalue weighted by molar-refractivity contribution is -0.146. The standard InChI is InChI=1S/C49H98N2O5/c1-6-10-14-24-33-45(31-12-8-3)43-55-48(53)37-28-22-18-16-20-26-35-47(50-39-30-40-51(5)41-42-52)36-27-21-17-19-23-29-38-49(54)56-44-46(32-13-9-4)34-25-15-11-7-2/h45-47,50,52H,6-44H2,1-5H3. The third-order valence-corrected chi connectivity index (χ3v) is 11.8. The molecule has 2 atom stereocenters. The Bertz CT molecular complexity index is 770. The molecule has 0 bridgehead atoms. The summed E-state index contributed by atoms with van der Waals surface area (Å²) in [5.74, 6) is 1.09. The molecule has 0 fully saturated rings. The first-order chi connectivity index (χ1) is 27.4. The van der Waals surface area contributed by atoms with Crippen LogP contribution in [0, 0.1) is 11.8 Å². The van der Waals surface area contributed by atoms with Gasteiger partial charge in [-0.05, 0) is 89.8 Å². The van der Waals surface area contributed by atoms with Crippen molar-refractivity contribution in [2.75, 3.05) is 46.5 Å². The summed E-state index contributed by atoms with van der Waals surface area (Å²) in [5.41, 5.74) is 0. The minimum absolute atomic E-state index is 0.00564. The van der Waals surface area contributed by atoms with Crippen LogP contribution in [0.5, 0.6) is 0 Å². The van der Waals surface area contributed by atoms with Gasteiger partial charge in [0.05, 0.1) is 19.8 Å². The Morgan fingerprint density at radius 2 is 0.857 bits per heavy atom. The van der Waals surface area contributed by atoms with Crippen molar-refractivity contribution in [2.45, 2.75) is 246 Å². The van der Waals surface area contributed by atoms with Crippen molar-refractivity contribution >= 4 is 11.9 Å². The molecular formula is C49H98N2O5. The number of rotatable bonds is 45. The van der Waals surface area contributed by atoms with Crippen LogP contribution in [0.25, 0.3) is 0 Å². The highest BCUT2D eigenvalue weighted by molar-refractivity contribution is 5.69. The van der Waals surface area contributed by atoms with E-state index in [2.05, 4.69) is 45.0 Å². The van der Waals surface area contributed by atoms with Crippen LogP contribution in [0.1, 0.15) is 240 Å². The molecule has 0 aromatic heterocycles. The van der Waals surface area contributed by atoms with E-state index in [0.29, 0.717) is 43.9 Å². The van der Waals surface area contributed by atoms with E-state index in [9.17, 15) is 14.7 Å². The quantitative estimate of drug-likeness (QED) is 0.0469. The molecule has 0 rings (SSSR count). The van der Waals surface area contributed by atoms with Gasteiger partial charge in [0, 0.05) is 25.4 Å². The van der Waals surface area contributed by atoms with Gasteiger partial charge in [-0.25, -0.2) is 0 Å². The van der Waals surface area contributed by atoms with E-state index in [4.69, 9.17) is 9.47 Å². The van der Waals surface area contributed by atoms with Crippen molar-refractivity contribution < 1.29 is 24.2 Å². The fourth-order valence-electron chi connectivity index (χ4n) is 7.91. The van der Waals surface area contributed by atoms with Gasteiger partial charge in [-0.2, -0.15) is 0 Å². The number of aliphatic hydroxyl groups excluding tert-OH is 1. The molecule has 0 radical (unpaired) electrons. The Kier molecular flexibility index (Phi) is 42.5. The molecular weight excluding hydrogens is 697 g/mol. The lowest BCUT2D eigenvalue weighted by Crippen LogP contribution is -2.32. The maximum absolute atomic E-state index is 12.4. The Morgan fingerprint density at radius 1 is 0.482 bits per heavy atom. The molecule has 7 nitrogen and oxygen atoms in total. The molecule has 0 aliphatic carbocycles. The summed E-state index contributed by atoms with van der Waals surface area (Å²) in [5, 5.41) is 13.1. The third-order valence-electron chi connectivity index (χ3n) is 11.8. The molecule has 0 heterocycles. The maximum Gasteiger partial charge on any atom is 0.305 e. The second-order valence-corrected chi connectivity index (χ2v) is 17.4. The van der Waals surface area contributed by atoms with E-state index in [0.717, 1.165) is 51.7 Å². The number of carbonyl (C=O) groups is 2. The number of aliphatic hydroxyl groups is 1. The molecule has 0 aliphatic heterocycles. The first-order valence-corrected chi connectivity index (χ1v) is 24.7. The van der Waals surface area contributed by atoms with E-state index >= 15 is 0 Å². The lowest BCUT2D eigenvalue weighted by Gasteiger charge is -2.20. The number of hydrogen-bond donors (Lipinski definition) is 2. The third kappa shape index (κ3) is 38.3. The van der Waals surface area contributed by atoms with Crippen LogP contribution in [-0.4, -0.2) is 74.5 Å². The van der Waals surface area contributed by atoms with E-state index < -0.39 is 0 Å². The van der Waals surface area contributed by atoms with Gasteiger partial charge in [0.1, 0.15) is 0 Å². The average Bonchev–Trinajstić information content (AvgIpc) is 3.19. The normalized spacial score (nSPS) is 13.3. The van der Waals surface area contributed by atoms with Gasteiger partial charge >= 0.3 is 11.9 Å². The van der Waals surface area contributed by atoms with Crippen LogP contribution < -0.4 is 5.32 Å². The molecule has 334 valence electrons. The molecule has 2 N–H and O–H groups in total. The van der Waals surface area contributed by atoms with Crippen molar-refractivity contribution in [1.29, 1.82) is 0 Å². The summed E-state index contributed by atoms with van der Waals surface area (Å²) >= 11 is 0. The maximum atomic E-state index is 12.4. The average molecular weight is 795 g/mol. The summed E-state index contributed by atoms with van der Waals surface area (Å²) in [7, 11) is 2.08. The Hall–Kier alpha value is -1.18. The van der Waals surface area contributed by atoms with Crippen molar-refractivity contribution in [3.8, 4) is 0 Å². The van der Waals surface area contributed by atoms with Crippen LogP contribution in [0.2, 0.25) is 0 Å². The smallest absolute Gasteiger partial charge is 0.305 e. The highest BCUT2D eigenvalue weighted by Gasteiger charge is 2.14. The molecule has 0 saturated carbocycles. The highest BCUT2D eigenvalue weighted by Crippen LogP contribution is 2.21. The number of ether oxygens (including phenoxy) is 2. The second-order valence-electron chi connectivity index (χ2n) is 17.4. The van der Waals surface area contributed by atoms with Crippen LogP contribution >= 0.6 is 0 Å². The lowest BCUT2D eigenvalue weighted by atomic mass is 9.96. The van der Waals surface area contributed by atoms with Gasteiger partial charge in [-0.3, -0.25) is 9.59 Å². The monoisotopic (exact) mass is 795 g/mol. The molecule has 0 aromatic carbocycles. The summed E-state index contributed by atoms with van der Waals surface area (Å²) in [4.78, 5) is 27.1. The molecule has 7 heteroatoms. The zero-order valence-electron chi connectivity index (χ0n) is 38.3. The first-order valence-electron chi connectivity index (χ1n) is 24.7. The molecule has 0 aliphatic rings. The topological polar surface area (TPSA) is 88.1 Å². The van der Waals surface area contributed by atoms with Crippen molar-refractivity contribution in [3.63, 3.8) is 0 Å². The van der Waals surface area contributed by atoms with Gasteiger partial charge in [-0.1, -0.05) is 169 Å². The Morgan fingerprint density at radius 3 is 1.29 bits per heavy atom. The van der Waals surface area contributed by atoms with Crippen molar-refractivity contribution in [1.82, 2.24) is 10.2 Å². The predicted molar refractivity (Wildman–Crippen MR) is 240 cm³/mol. The second kappa shape index (κ2) is 43.4. The van der Waals surface area contributed by atoms with Gasteiger partial charge in [-0.15, -0.1) is 0 Å². The van der Waals surface area contributed by atoms with Crippen molar-refractivity contribution in [3.05, 3.63) is 0 Å². The molecule has 0 amide bonds. The van der Waals surface area contributed by atoms with Gasteiger partial charge in [0.2, 0.25) is 0 Å². The zero-order valence-corrected chi connectivity index (χ0v) is 38.3. The van der Waals surface area contributed by atoms with E-state index in [1.54, 1.807) is 0 Å². The fourth-order valence-corrected chi connectivity index (χ4v) is 7.91.